The summed E-state index contributed by atoms with van der Waals surface area (Å²) in [5.74, 6) is -2.46. The molecule has 0 bridgehead atoms. The summed E-state index contributed by atoms with van der Waals surface area (Å²) in [6.45, 7) is 2.65. The third kappa shape index (κ3) is 2.72. The number of nitrogens with one attached hydrogen (secondary N) is 1. The van der Waals surface area contributed by atoms with E-state index in [1.165, 1.54) is 20.0 Å². The molecule has 9 heteroatoms. The predicted molar refractivity (Wildman–Crippen MR) is 70.1 cm³/mol. The van der Waals surface area contributed by atoms with Crippen LogP contribution in [0.2, 0.25) is 0 Å². The van der Waals surface area contributed by atoms with Crippen LogP contribution in [0.5, 0.6) is 0 Å². The molecular weight excluding hydrogens is 303 g/mol. The topological polar surface area (TPSA) is 110 Å². The Morgan fingerprint density at radius 1 is 1.38 bits per heavy atom. The first-order valence-electron chi connectivity index (χ1n) is 5.69. The molecule has 0 aliphatic rings. The lowest BCUT2D eigenvalue weighted by Gasteiger charge is -2.08. The normalized spacial score (nSPS) is 11.4. The summed E-state index contributed by atoms with van der Waals surface area (Å²) >= 11 is 0. The molecule has 0 fully saturated rings. The van der Waals surface area contributed by atoms with Crippen molar-refractivity contribution in [3.63, 3.8) is 0 Å². The maximum Gasteiger partial charge on any atom is 0.340 e. The summed E-state index contributed by atoms with van der Waals surface area (Å²) in [7, 11) is -4.31. The van der Waals surface area contributed by atoms with Crippen molar-refractivity contribution in [2.45, 2.75) is 18.7 Å². The van der Waals surface area contributed by atoms with Gasteiger partial charge in [0.1, 0.15) is 22.0 Å². The Bertz CT molecular complexity index is 813. The van der Waals surface area contributed by atoms with Crippen LogP contribution in [0.4, 0.5) is 10.1 Å². The number of anilines is 1. The number of hydrogen-bond donors (Lipinski definition) is 2. The molecule has 2 heterocycles. The van der Waals surface area contributed by atoms with E-state index in [0.29, 0.717) is 0 Å². The fourth-order valence-electron chi connectivity index (χ4n) is 1.89. The third-order valence-electron chi connectivity index (χ3n) is 2.70. The highest BCUT2D eigenvalue weighted by Crippen LogP contribution is 2.28. The second-order valence-corrected chi connectivity index (χ2v) is 5.80. The van der Waals surface area contributed by atoms with Gasteiger partial charge in [0, 0.05) is 6.20 Å². The first-order valence-corrected chi connectivity index (χ1v) is 7.18. The van der Waals surface area contributed by atoms with Gasteiger partial charge in [-0.05, 0) is 19.9 Å². The van der Waals surface area contributed by atoms with Crippen LogP contribution in [0.3, 0.4) is 0 Å². The SMILES string of the molecule is Cc1oc(C)c(S(=O)(=O)Nc2ccncc2F)c1C(=O)O. The van der Waals surface area contributed by atoms with Gasteiger partial charge in [0.05, 0.1) is 11.9 Å². The van der Waals surface area contributed by atoms with Gasteiger partial charge < -0.3 is 9.52 Å². The van der Waals surface area contributed by atoms with E-state index in [-0.39, 0.29) is 17.2 Å². The number of aryl methyl sites for hydroxylation is 2. The van der Waals surface area contributed by atoms with Crippen molar-refractivity contribution < 1.29 is 27.1 Å². The molecular formula is C12H11FN2O5S. The number of furan rings is 1. The number of nitrogens with zero attached hydrogens (tertiary/aromatic N) is 1. The van der Waals surface area contributed by atoms with E-state index in [9.17, 15) is 17.6 Å². The lowest BCUT2D eigenvalue weighted by atomic mass is 10.2. The summed E-state index contributed by atoms with van der Waals surface area (Å²) in [6, 6.07) is 1.12. The minimum atomic E-state index is -4.31. The largest absolute Gasteiger partial charge is 0.478 e. The molecule has 2 N–H and O–H groups in total. The van der Waals surface area contributed by atoms with Gasteiger partial charge in [-0.1, -0.05) is 0 Å². The van der Waals surface area contributed by atoms with E-state index >= 15 is 0 Å². The van der Waals surface area contributed by atoms with E-state index in [1.54, 1.807) is 0 Å². The molecule has 0 amide bonds. The lowest BCUT2D eigenvalue weighted by Crippen LogP contribution is -2.17. The zero-order chi connectivity index (χ0) is 15.8. The zero-order valence-corrected chi connectivity index (χ0v) is 11.9. The number of carboxylic acid groups (broad SMARTS) is 1. The van der Waals surface area contributed by atoms with Crippen molar-refractivity contribution in [3.05, 3.63) is 41.4 Å². The molecule has 0 saturated carbocycles. The number of hydrogen-bond acceptors (Lipinski definition) is 5. The van der Waals surface area contributed by atoms with Crippen LogP contribution in [0.25, 0.3) is 0 Å². The Labute approximate surface area is 119 Å². The maximum atomic E-state index is 13.5. The number of aromatic nitrogens is 1. The van der Waals surface area contributed by atoms with Gasteiger partial charge in [-0.3, -0.25) is 9.71 Å². The van der Waals surface area contributed by atoms with Crippen molar-refractivity contribution in [1.82, 2.24) is 4.98 Å². The molecule has 7 nitrogen and oxygen atoms in total. The minimum Gasteiger partial charge on any atom is -0.478 e. The number of rotatable bonds is 4. The van der Waals surface area contributed by atoms with E-state index in [1.807, 2.05) is 4.72 Å². The molecule has 0 radical (unpaired) electrons. The first kappa shape index (κ1) is 15.0. The Hall–Kier alpha value is -2.42. The Kier molecular flexibility index (Phi) is 3.69. The smallest absolute Gasteiger partial charge is 0.340 e. The Balaban J connectivity index is 2.56. The van der Waals surface area contributed by atoms with Crippen LogP contribution in [0.15, 0.2) is 27.8 Å². The van der Waals surface area contributed by atoms with Crippen LogP contribution in [-0.2, 0) is 10.0 Å². The third-order valence-corrected chi connectivity index (χ3v) is 4.22. The fraction of sp³-hybridized carbons (Fsp3) is 0.167. The molecule has 2 rings (SSSR count). The van der Waals surface area contributed by atoms with Crippen molar-refractivity contribution in [1.29, 1.82) is 0 Å². The molecule has 0 aliphatic heterocycles. The van der Waals surface area contributed by atoms with Crippen LogP contribution in [0, 0.1) is 19.7 Å². The van der Waals surface area contributed by atoms with Crippen molar-refractivity contribution in [2.75, 3.05) is 4.72 Å². The van der Waals surface area contributed by atoms with E-state index in [2.05, 4.69) is 4.98 Å². The van der Waals surface area contributed by atoms with Crippen molar-refractivity contribution >= 4 is 21.7 Å². The first-order chi connectivity index (χ1) is 9.74. The van der Waals surface area contributed by atoms with Crippen LogP contribution in [-0.4, -0.2) is 24.5 Å². The fourth-order valence-corrected chi connectivity index (χ4v) is 3.36. The van der Waals surface area contributed by atoms with E-state index in [0.717, 1.165) is 12.3 Å². The summed E-state index contributed by atoms with van der Waals surface area (Å²) in [5, 5.41) is 9.11. The monoisotopic (exact) mass is 314 g/mol. The minimum absolute atomic E-state index is 0.0458. The molecule has 0 saturated heterocycles. The molecule has 2 aromatic heterocycles. The maximum absolute atomic E-state index is 13.5. The van der Waals surface area contributed by atoms with Gasteiger partial charge >= 0.3 is 5.97 Å². The number of pyridine rings is 1. The highest BCUT2D eigenvalue weighted by atomic mass is 32.2. The standard InChI is InChI=1S/C12H11FN2O5S/c1-6-10(12(16)17)11(7(2)20-6)21(18,19)15-9-3-4-14-5-8(9)13/h3-5H,1-2H3,(H,14,15)(H,16,17). The molecule has 2 aromatic rings. The van der Waals surface area contributed by atoms with Gasteiger partial charge in [0.15, 0.2) is 5.82 Å². The number of aromatic carboxylic acids is 1. The lowest BCUT2D eigenvalue weighted by molar-refractivity contribution is 0.0691. The van der Waals surface area contributed by atoms with Gasteiger partial charge in [-0.25, -0.2) is 17.6 Å². The van der Waals surface area contributed by atoms with E-state index in [4.69, 9.17) is 9.52 Å². The molecule has 0 spiro atoms. The Morgan fingerprint density at radius 3 is 2.62 bits per heavy atom. The zero-order valence-electron chi connectivity index (χ0n) is 11.0. The molecule has 0 atom stereocenters. The number of carboxylic acids is 1. The highest BCUT2D eigenvalue weighted by molar-refractivity contribution is 7.92. The van der Waals surface area contributed by atoms with Gasteiger partial charge in [-0.2, -0.15) is 0 Å². The second kappa shape index (κ2) is 5.17. The summed E-state index contributed by atoms with van der Waals surface area (Å²) < 4.78 is 45.1. The van der Waals surface area contributed by atoms with Crippen molar-refractivity contribution in [3.8, 4) is 0 Å². The molecule has 0 aliphatic carbocycles. The molecule has 21 heavy (non-hydrogen) atoms. The molecule has 112 valence electrons. The van der Waals surface area contributed by atoms with Gasteiger partial charge in [-0.15, -0.1) is 0 Å². The summed E-state index contributed by atoms with van der Waals surface area (Å²) in [5.41, 5.74) is -0.811. The number of carbonyl (C=O) groups is 1. The Morgan fingerprint density at radius 2 is 2.05 bits per heavy atom. The van der Waals surface area contributed by atoms with Crippen molar-refractivity contribution in [2.24, 2.45) is 0 Å². The van der Waals surface area contributed by atoms with E-state index < -0.39 is 32.3 Å². The summed E-state index contributed by atoms with van der Waals surface area (Å²) in [4.78, 5) is 14.2. The average molecular weight is 314 g/mol. The van der Waals surface area contributed by atoms with Crippen LogP contribution in [0.1, 0.15) is 21.9 Å². The summed E-state index contributed by atoms with van der Waals surface area (Å²) in [6.07, 6.45) is 2.04. The quantitative estimate of drug-likeness (QED) is 0.892. The average Bonchev–Trinajstić information content (AvgIpc) is 2.67. The number of halogens is 1. The van der Waals surface area contributed by atoms with Gasteiger partial charge in [0.25, 0.3) is 10.0 Å². The van der Waals surface area contributed by atoms with Crippen LogP contribution >= 0.6 is 0 Å². The second-order valence-electron chi connectivity index (χ2n) is 4.18. The predicted octanol–water partition coefficient (Wildman–Crippen LogP) is 1.93. The molecule has 0 aromatic carbocycles. The highest BCUT2D eigenvalue weighted by Gasteiger charge is 2.31. The molecule has 0 unspecified atom stereocenters. The number of sulfonamides is 1. The van der Waals surface area contributed by atoms with Crippen LogP contribution < -0.4 is 4.72 Å². The van der Waals surface area contributed by atoms with Gasteiger partial charge in [0.2, 0.25) is 0 Å².